The summed E-state index contributed by atoms with van der Waals surface area (Å²) in [7, 11) is -0.543. The minimum absolute atomic E-state index is 0.543. The molecule has 0 aliphatic carbocycles. The Morgan fingerprint density at radius 1 is 1.00 bits per heavy atom. The van der Waals surface area contributed by atoms with E-state index in [0.29, 0.717) is 12.2 Å². The Morgan fingerprint density at radius 2 is 1.77 bits per heavy atom. The molecule has 0 aromatic heterocycles. The van der Waals surface area contributed by atoms with Crippen molar-refractivity contribution >= 4 is 41.1 Å². The van der Waals surface area contributed by atoms with Crippen LogP contribution in [0.4, 0.5) is 5.69 Å². The molecule has 1 heterocycles. The van der Waals surface area contributed by atoms with Crippen LogP contribution in [-0.2, 0) is 11.0 Å². The van der Waals surface area contributed by atoms with Crippen LogP contribution in [0, 0.1) is 0 Å². The van der Waals surface area contributed by atoms with E-state index in [1.807, 2.05) is 54.6 Å². The van der Waals surface area contributed by atoms with Gasteiger partial charge in [0.15, 0.2) is 11.1 Å². The van der Waals surface area contributed by atoms with E-state index in [2.05, 4.69) is 33.9 Å². The second-order valence-electron chi connectivity index (χ2n) is 6.08. The fraction of sp³-hybridized carbons (Fsp3) is 0.0476. The monoisotopic (exact) mass is 424 g/mol. The van der Waals surface area contributed by atoms with E-state index in [0.717, 1.165) is 43.6 Å². The molecule has 1 N–H and O–H groups in total. The smallest absolute Gasteiger partial charge is 0.363 e. The lowest BCUT2D eigenvalue weighted by molar-refractivity contribution is 0.485. The number of hydrogen-bond acceptors (Lipinski definition) is 3. The minimum atomic E-state index is -0.543. The van der Waals surface area contributed by atoms with Crippen LogP contribution in [0.2, 0.25) is 0 Å². The highest BCUT2D eigenvalue weighted by Gasteiger charge is 2.23. The average molecular weight is 425 g/mol. The maximum Gasteiger partial charge on any atom is 0.363 e. The van der Waals surface area contributed by atoms with Gasteiger partial charge in [0, 0.05) is 21.8 Å². The molecular weight excluding hydrogens is 409 g/mol. The fourth-order valence-electron chi connectivity index (χ4n) is 3.14. The first-order valence-electron chi connectivity index (χ1n) is 8.17. The molecule has 5 heteroatoms. The molecule has 0 saturated heterocycles. The first-order chi connectivity index (χ1) is 12.7. The largest absolute Gasteiger partial charge is 0.454 e. The van der Waals surface area contributed by atoms with Crippen molar-refractivity contribution in [2.75, 3.05) is 5.32 Å². The number of fused-ring (bicyclic) bond motifs is 2. The number of benzene rings is 3. The van der Waals surface area contributed by atoms with Crippen molar-refractivity contribution in [1.29, 1.82) is 0 Å². The molecule has 1 aliphatic heterocycles. The average Bonchev–Trinajstić information content (AvgIpc) is 2.79. The summed E-state index contributed by atoms with van der Waals surface area (Å²) in [5.41, 5.74) is 4.73. The number of para-hydroxylation sites is 2. The summed E-state index contributed by atoms with van der Waals surface area (Å²) in [6, 6.07) is 19.6. The van der Waals surface area contributed by atoms with Gasteiger partial charge >= 0.3 is 8.46 Å². The Morgan fingerprint density at radius 3 is 2.58 bits per heavy atom. The second-order valence-corrected chi connectivity index (χ2v) is 7.72. The Bertz CT molecular complexity index is 1030. The van der Waals surface area contributed by atoms with E-state index in [-0.39, 0.29) is 0 Å². The molecule has 3 nitrogen and oxygen atoms in total. The third-order valence-electron chi connectivity index (χ3n) is 4.33. The standard InChI is InChI=1S/C21H15BrNO2P/c1-13-21-15(10-14-6-2-3-7-17(14)22)11-16(26-24)12-20(21)25-19-9-5-4-8-18(19)23-13/h2-9,11-12,23H,1,10H2/p+1. The lowest BCUT2D eigenvalue weighted by atomic mass is 9.97. The minimum Gasteiger partial charge on any atom is -0.454 e. The van der Waals surface area contributed by atoms with E-state index >= 15 is 0 Å². The Kier molecular flexibility index (Phi) is 4.62. The molecule has 1 unspecified atom stereocenters. The van der Waals surface area contributed by atoms with E-state index < -0.39 is 8.46 Å². The van der Waals surface area contributed by atoms with Crippen LogP contribution >= 0.6 is 24.4 Å². The van der Waals surface area contributed by atoms with Crippen LogP contribution in [0.1, 0.15) is 16.7 Å². The van der Waals surface area contributed by atoms with Gasteiger partial charge in [-0.3, -0.25) is 0 Å². The van der Waals surface area contributed by atoms with Crippen molar-refractivity contribution in [2.45, 2.75) is 6.42 Å². The van der Waals surface area contributed by atoms with Gasteiger partial charge in [0.1, 0.15) is 5.75 Å². The van der Waals surface area contributed by atoms with Crippen LogP contribution < -0.4 is 15.4 Å². The van der Waals surface area contributed by atoms with Crippen LogP contribution in [0.3, 0.4) is 0 Å². The Balaban J connectivity index is 1.86. The number of halogens is 1. The number of hydrogen-bond donors (Lipinski definition) is 1. The summed E-state index contributed by atoms with van der Waals surface area (Å²) in [6.07, 6.45) is 0.683. The van der Waals surface area contributed by atoms with E-state index in [1.54, 1.807) is 0 Å². The predicted octanol–water partition coefficient (Wildman–Crippen LogP) is 5.88. The third kappa shape index (κ3) is 3.18. The summed E-state index contributed by atoms with van der Waals surface area (Å²) in [6.45, 7) is 4.22. The molecule has 26 heavy (non-hydrogen) atoms. The molecule has 0 radical (unpaired) electrons. The first-order valence-corrected chi connectivity index (χ1v) is 9.87. The third-order valence-corrected chi connectivity index (χ3v) is 5.63. The highest BCUT2D eigenvalue weighted by Crippen LogP contribution is 2.41. The van der Waals surface area contributed by atoms with Crippen LogP contribution in [0.15, 0.2) is 71.7 Å². The topological polar surface area (TPSA) is 38.3 Å². The summed E-state index contributed by atoms with van der Waals surface area (Å²) >= 11 is 3.61. The van der Waals surface area contributed by atoms with Crippen molar-refractivity contribution in [3.05, 3.63) is 88.4 Å². The molecule has 0 fully saturated rings. The molecule has 0 spiro atoms. The number of rotatable bonds is 3. The Hall–Kier alpha value is -2.42. The lowest BCUT2D eigenvalue weighted by Crippen LogP contribution is -2.06. The SMILES string of the molecule is C=C1Nc2ccccc2Oc2cc([PH+]=O)cc(Cc3ccccc3Br)c21. The van der Waals surface area contributed by atoms with Crippen molar-refractivity contribution in [1.82, 2.24) is 0 Å². The van der Waals surface area contributed by atoms with Crippen LogP contribution in [0.25, 0.3) is 5.70 Å². The molecule has 0 saturated carbocycles. The van der Waals surface area contributed by atoms with Crippen molar-refractivity contribution < 1.29 is 9.30 Å². The number of ether oxygens (including phenoxy) is 1. The highest BCUT2D eigenvalue weighted by atomic mass is 79.9. The molecular formula is C21H16BrNO2P+. The maximum atomic E-state index is 11.6. The highest BCUT2D eigenvalue weighted by molar-refractivity contribution is 9.10. The maximum absolute atomic E-state index is 11.6. The first kappa shape index (κ1) is 17.0. The molecule has 3 aromatic rings. The molecule has 0 amide bonds. The van der Waals surface area contributed by atoms with E-state index in [9.17, 15) is 4.57 Å². The van der Waals surface area contributed by atoms with Gasteiger partial charge in [-0.05, 0) is 41.8 Å². The van der Waals surface area contributed by atoms with Crippen LogP contribution in [-0.4, -0.2) is 0 Å². The van der Waals surface area contributed by atoms with Gasteiger partial charge < -0.3 is 10.1 Å². The van der Waals surface area contributed by atoms with Crippen molar-refractivity contribution in [3.63, 3.8) is 0 Å². The molecule has 3 aromatic carbocycles. The quantitative estimate of drug-likeness (QED) is 0.533. The zero-order valence-corrected chi connectivity index (χ0v) is 16.5. The summed E-state index contributed by atoms with van der Waals surface area (Å²) in [5, 5.41) is 4.08. The zero-order chi connectivity index (χ0) is 18.1. The second kappa shape index (κ2) is 7.06. The fourth-order valence-corrected chi connectivity index (χ4v) is 3.99. The molecule has 4 rings (SSSR count). The predicted molar refractivity (Wildman–Crippen MR) is 111 cm³/mol. The Labute approximate surface area is 162 Å². The summed E-state index contributed by atoms with van der Waals surface area (Å²) < 4.78 is 18.8. The zero-order valence-electron chi connectivity index (χ0n) is 13.9. The van der Waals surface area contributed by atoms with Gasteiger partial charge in [-0.2, -0.15) is 0 Å². The van der Waals surface area contributed by atoms with Crippen LogP contribution in [0.5, 0.6) is 11.5 Å². The van der Waals surface area contributed by atoms with E-state index in [4.69, 9.17) is 4.74 Å². The molecule has 1 aliphatic rings. The van der Waals surface area contributed by atoms with Gasteiger partial charge in [0.05, 0.1) is 5.69 Å². The summed E-state index contributed by atoms with van der Waals surface area (Å²) in [5.74, 6) is 1.40. The lowest BCUT2D eigenvalue weighted by Gasteiger charge is -2.14. The van der Waals surface area contributed by atoms with Gasteiger partial charge in [-0.15, -0.1) is 0 Å². The van der Waals surface area contributed by atoms with Gasteiger partial charge in [0.25, 0.3) is 0 Å². The van der Waals surface area contributed by atoms with Gasteiger partial charge in [0.2, 0.25) is 0 Å². The van der Waals surface area contributed by atoms with Gasteiger partial charge in [-0.25, -0.2) is 0 Å². The van der Waals surface area contributed by atoms with Gasteiger partial charge in [-0.1, -0.05) is 57.4 Å². The molecule has 1 atom stereocenters. The van der Waals surface area contributed by atoms with Crippen molar-refractivity contribution in [2.24, 2.45) is 0 Å². The molecule has 128 valence electrons. The van der Waals surface area contributed by atoms with Crippen molar-refractivity contribution in [3.8, 4) is 11.5 Å². The number of anilines is 1. The molecule has 0 bridgehead atoms. The van der Waals surface area contributed by atoms with E-state index in [1.165, 1.54) is 0 Å². The number of nitrogens with one attached hydrogen (secondary N) is 1. The summed E-state index contributed by atoms with van der Waals surface area (Å²) in [4.78, 5) is 0. The normalized spacial score (nSPS) is 12.6.